The van der Waals surface area contributed by atoms with Crippen LogP contribution in [-0.2, 0) is 12.6 Å². The summed E-state index contributed by atoms with van der Waals surface area (Å²) in [5.74, 6) is -0.175. The van der Waals surface area contributed by atoms with Crippen molar-refractivity contribution in [3.8, 4) is 11.1 Å². The number of carbonyl (C=O) groups is 1. The van der Waals surface area contributed by atoms with Crippen molar-refractivity contribution in [1.29, 1.82) is 0 Å². The van der Waals surface area contributed by atoms with Gasteiger partial charge in [0, 0.05) is 11.5 Å². The molecule has 0 saturated heterocycles. The summed E-state index contributed by atoms with van der Waals surface area (Å²) >= 11 is 0. The lowest BCUT2D eigenvalue weighted by atomic mass is 9.90. The van der Waals surface area contributed by atoms with Crippen LogP contribution in [0.25, 0.3) is 11.1 Å². The molecule has 3 rings (SSSR count). The van der Waals surface area contributed by atoms with Crippen LogP contribution in [-0.4, -0.2) is 5.78 Å². The first-order valence-electron chi connectivity index (χ1n) is 7.62. The summed E-state index contributed by atoms with van der Waals surface area (Å²) in [4.78, 5) is 12.7. The van der Waals surface area contributed by atoms with E-state index >= 15 is 0 Å². The zero-order chi connectivity index (χ0) is 16.8. The number of rotatable bonds is 2. The van der Waals surface area contributed by atoms with Crippen LogP contribution in [0.3, 0.4) is 0 Å². The van der Waals surface area contributed by atoms with Crippen molar-refractivity contribution in [2.75, 3.05) is 0 Å². The van der Waals surface area contributed by atoms with Crippen molar-refractivity contribution >= 4 is 5.78 Å². The van der Waals surface area contributed by atoms with Gasteiger partial charge in [-0.05, 0) is 41.2 Å². The van der Waals surface area contributed by atoms with Crippen LogP contribution < -0.4 is 0 Å². The van der Waals surface area contributed by atoms with Crippen molar-refractivity contribution in [1.82, 2.24) is 0 Å². The van der Waals surface area contributed by atoms with E-state index in [9.17, 15) is 18.0 Å². The van der Waals surface area contributed by atoms with Gasteiger partial charge < -0.3 is 0 Å². The summed E-state index contributed by atoms with van der Waals surface area (Å²) in [6.07, 6.45) is -4.03. The van der Waals surface area contributed by atoms with Crippen molar-refractivity contribution in [2.45, 2.75) is 26.4 Å². The topological polar surface area (TPSA) is 17.1 Å². The monoisotopic (exact) mass is 318 g/mol. The third-order valence-corrected chi connectivity index (χ3v) is 4.46. The molecular formula is C19H17F3O. The van der Waals surface area contributed by atoms with Crippen LogP contribution >= 0.6 is 0 Å². The van der Waals surface area contributed by atoms with Crippen LogP contribution in [0.1, 0.15) is 35.3 Å². The van der Waals surface area contributed by atoms with Gasteiger partial charge in [0.1, 0.15) is 0 Å². The van der Waals surface area contributed by atoms with Crippen LogP contribution in [0.4, 0.5) is 13.2 Å². The van der Waals surface area contributed by atoms with E-state index in [0.717, 1.165) is 12.1 Å². The van der Waals surface area contributed by atoms with Gasteiger partial charge >= 0.3 is 6.18 Å². The minimum Gasteiger partial charge on any atom is -0.294 e. The van der Waals surface area contributed by atoms with Crippen LogP contribution in [0.5, 0.6) is 0 Å². The molecule has 0 radical (unpaired) electrons. The number of halogens is 3. The fourth-order valence-electron chi connectivity index (χ4n) is 3.22. The first-order chi connectivity index (χ1) is 10.8. The van der Waals surface area contributed by atoms with E-state index in [0.29, 0.717) is 28.7 Å². The first kappa shape index (κ1) is 15.8. The lowest BCUT2D eigenvalue weighted by Gasteiger charge is -2.14. The summed E-state index contributed by atoms with van der Waals surface area (Å²) in [6, 6.07) is 11.1. The molecule has 0 spiro atoms. The summed E-state index contributed by atoms with van der Waals surface area (Å²) in [7, 11) is 0. The molecule has 1 aliphatic carbocycles. The third kappa shape index (κ3) is 2.78. The third-order valence-electron chi connectivity index (χ3n) is 4.46. The number of ketones is 1. The Morgan fingerprint density at radius 1 is 1.09 bits per heavy atom. The van der Waals surface area contributed by atoms with Crippen molar-refractivity contribution in [3.05, 3.63) is 59.2 Å². The van der Waals surface area contributed by atoms with Crippen molar-refractivity contribution in [3.63, 3.8) is 0 Å². The fraction of sp³-hybridized carbons (Fsp3) is 0.316. The highest BCUT2D eigenvalue weighted by Crippen LogP contribution is 2.42. The molecule has 0 saturated carbocycles. The molecule has 1 nitrogen and oxygen atoms in total. The summed E-state index contributed by atoms with van der Waals surface area (Å²) < 4.78 is 39.7. The zero-order valence-electron chi connectivity index (χ0n) is 12.9. The van der Waals surface area contributed by atoms with Crippen LogP contribution in [0.2, 0.25) is 0 Å². The number of Topliss-reactive ketones (excluding diaryl/α,β-unsaturated/α-hetero) is 1. The Balaban J connectivity index is 2.24. The molecule has 0 fully saturated rings. The Morgan fingerprint density at radius 3 is 2.30 bits per heavy atom. The Hall–Kier alpha value is -2.10. The highest BCUT2D eigenvalue weighted by Gasteiger charge is 2.38. The van der Waals surface area contributed by atoms with Gasteiger partial charge in [0.15, 0.2) is 5.78 Å². The number of hydrogen-bond donors (Lipinski definition) is 0. The second-order valence-electron chi connectivity index (χ2n) is 6.34. The molecule has 2 aromatic rings. The van der Waals surface area contributed by atoms with Gasteiger partial charge in [0.25, 0.3) is 0 Å². The Labute approximate surface area is 133 Å². The Morgan fingerprint density at radius 2 is 1.74 bits per heavy atom. The fourth-order valence-corrected chi connectivity index (χ4v) is 3.22. The maximum atomic E-state index is 13.2. The molecule has 0 bridgehead atoms. The number of fused-ring (bicyclic) bond motifs is 1. The average molecular weight is 318 g/mol. The maximum absolute atomic E-state index is 13.2. The second-order valence-corrected chi connectivity index (χ2v) is 6.34. The predicted octanol–water partition coefficient (Wildman–Crippen LogP) is 5.38. The molecule has 0 aliphatic heterocycles. The molecule has 120 valence electrons. The normalized spacial score (nSPS) is 17.7. The molecule has 0 heterocycles. The predicted molar refractivity (Wildman–Crippen MR) is 83.2 cm³/mol. The number of hydrogen-bond acceptors (Lipinski definition) is 1. The molecule has 0 N–H and O–H groups in total. The Kier molecular flexibility index (Phi) is 3.78. The summed E-state index contributed by atoms with van der Waals surface area (Å²) in [5.41, 5.74) is 1.33. The number of alkyl halides is 3. The van der Waals surface area contributed by atoms with E-state index in [-0.39, 0.29) is 17.6 Å². The van der Waals surface area contributed by atoms with Gasteiger partial charge in [-0.2, -0.15) is 13.2 Å². The molecule has 1 atom stereocenters. The van der Waals surface area contributed by atoms with Gasteiger partial charge in [-0.1, -0.05) is 44.2 Å². The van der Waals surface area contributed by atoms with E-state index < -0.39 is 11.7 Å². The van der Waals surface area contributed by atoms with E-state index in [1.54, 1.807) is 30.3 Å². The van der Waals surface area contributed by atoms with E-state index in [4.69, 9.17) is 0 Å². The lowest BCUT2D eigenvalue weighted by molar-refractivity contribution is -0.137. The standard InChI is InChI=1S/C19H17F3O/c1-11(2)15-9-13-8-14(19(20,21)22)10-16(17(13)18(15)23)12-6-4-3-5-7-12/h3-8,10-11,15H,9H2,1-2H3. The lowest BCUT2D eigenvalue weighted by Crippen LogP contribution is -2.15. The molecular weight excluding hydrogens is 301 g/mol. The average Bonchev–Trinajstić information content (AvgIpc) is 2.84. The van der Waals surface area contributed by atoms with Gasteiger partial charge in [-0.3, -0.25) is 4.79 Å². The summed E-state index contributed by atoms with van der Waals surface area (Å²) in [6.45, 7) is 3.86. The number of benzene rings is 2. The highest BCUT2D eigenvalue weighted by atomic mass is 19.4. The van der Waals surface area contributed by atoms with Gasteiger partial charge in [-0.15, -0.1) is 0 Å². The summed E-state index contributed by atoms with van der Waals surface area (Å²) in [5, 5.41) is 0. The molecule has 23 heavy (non-hydrogen) atoms. The van der Waals surface area contributed by atoms with E-state index in [1.165, 1.54) is 0 Å². The zero-order valence-corrected chi connectivity index (χ0v) is 12.9. The largest absolute Gasteiger partial charge is 0.416 e. The minimum absolute atomic E-state index is 0.0393. The van der Waals surface area contributed by atoms with Crippen molar-refractivity contribution < 1.29 is 18.0 Å². The minimum atomic E-state index is -4.42. The second kappa shape index (κ2) is 5.52. The molecule has 4 heteroatoms. The van der Waals surface area contributed by atoms with Crippen LogP contribution in [0.15, 0.2) is 42.5 Å². The van der Waals surface area contributed by atoms with Crippen LogP contribution in [0, 0.1) is 11.8 Å². The van der Waals surface area contributed by atoms with Gasteiger partial charge in [-0.25, -0.2) is 0 Å². The first-order valence-corrected chi connectivity index (χ1v) is 7.62. The number of carbonyl (C=O) groups excluding carboxylic acids is 1. The molecule has 0 amide bonds. The molecule has 0 aromatic heterocycles. The Bertz CT molecular complexity index is 745. The van der Waals surface area contributed by atoms with E-state index in [2.05, 4.69) is 0 Å². The van der Waals surface area contributed by atoms with Crippen molar-refractivity contribution in [2.24, 2.45) is 11.8 Å². The quantitative estimate of drug-likeness (QED) is 0.726. The molecule has 1 aliphatic rings. The van der Waals surface area contributed by atoms with E-state index in [1.807, 2.05) is 13.8 Å². The smallest absolute Gasteiger partial charge is 0.294 e. The van der Waals surface area contributed by atoms with Gasteiger partial charge in [0.05, 0.1) is 5.56 Å². The maximum Gasteiger partial charge on any atom is 0.416 e. The SMILES string of the molecule is CC(C)C1Cc2cc(C(F)(F)F)cc(-c3ccccc3)c2C1=O. The van der Waals surface area contributed by atoms with Gasteiger partial charge in [0.2, 0.25) is 0 Å². The molecule has 1 unspecified atom stereocenters. The molecule has 2 aromatic carbocycles. The highest BCUT2D eigenvalue weighted by molar-refractivity contribution is 6.08.